The second-order valence-corrected chi connectivity index (χ2v) is 5.90. The number of hydrogen-bond donors (Lipinski definition) is 1. The number of carbonyl (C=O) groups is 1. The average Bonchev–Trinajstić information content (AvgIpc) is 3.34. The quantitative estimate of drug-likeness (QED) is 0.679. The first-order valence-electron chi connectivity index (χ1n) is 7.47. The predicted molar refractivity (Wildman–Crippen MR) is 85.3 cm³/mol. The Morgan fingerprint density at radius 3 is 2.70 bits per heavy atom. The van der Waals surface area contributed by atoms with Crippen molar-refractivity contribution in [3.63, 3.8) is 0 Å². The van der Waals surface area contributed by atoms with Crippen LogP contribution in [0.2, 0.25) is 0 Å². The highest BCUT2D eigenvalue weighted by molar-refractivity contribution is 5.99. The van der Waals surface area contributed by atoms with Gasteiger partial charge in [-0.05, 0) is 37.5 Å². The van der Waals surface area contributed by atoms with E-state index < -0.39 is 10.8 Å². The van der Waals surface area contributed by atoms with Crippen LogP contribution in [0.15, 0.2) is 42.6 Å². The fraction of sp³-hybridized carbons (Fsp3) is 0.294. The lowest BCUT2D eigenvalue weighted by Crippen LogP contribution is -2.33. The number of nitro benzene ring substituents is 1. The van der Waals surface area contributed by atoms with Gasteiger partial charge in [-0.15, -0.1) is 0 Å². The normalized spacial score (nSPS) is 15.0. The number of nitrogens with zero attached hydrogens (tertiary/aromatic N) is 2. The maximum absolute atomic E-state index is 12.5. The summed E-state index contributed by atoms with van der Waals surface area (Å²) < 4.78 is 0. The number of benzene rings is 1. The van der Waals surface area contributed by atoms with Crippen molar-refractivity contribution in [2.24, 2.45) is 0 Å². The van der Waals surface area contributed by atoms with E-state index >= 15 is 0 Å². The molecule has 1 aliphatic rings. The van der Waals surface area contributed by atoms with E-state index in [1.165, 1.54) is 6.07 Å². The predicted octanol–water partition coefficient (Wildman–Crippen LogP) is 2.76. The molecule has 0 unspecified atom stereocenters. The SMILES string of the molecule is Cc1cccc([N+](=O)[O-])c1C(=O)NCC1(c2ccccn2)CC1. The van der Waals surface area contributed by atoms with Gasteiger partial charge in [0, 0.05) is 29.9 Å². The second kappa shape index (κ2) is 5.79. The highest BCUT2D eigenvalue weighted by Crippen LogP contribution is 2.46. The molecular weight excluding hydrogens is 294 g/mol. The molecule has 1 fully saturated rings. The third-order valence-electron chi connectivity index (χ3n) is 4.32. The number of nitrogens with one attached hydrogen (secondary N) is 1. The molecule has 0 atom stereocenters. The Bertz CT molecular complexity index is 755. The second-order valence-electron chi connectivity index (χ2n) is 5.90. The fourth-order valence-electron chi connectivity index (χ4n) is 2.79. The van der Waals surface area contributed by atoms with Gasteiger partial charge in [0.25, 0.3) is 11.6 Å². The Hall–Kier alpha value is -2.76. The standard InChI is InChI=1S/C17H17N3O3/c1-12-5-4-6-13(20(22)23)15(12)16(21)19-11-17(8-9-17)14-7-2-3-10-18-14/h2-7,10H,8-9,11H2,1H3,(H,19,21). The maximum Gasteiger partial charge on any atom is 0.282 e. The lowest BCUT2D eigenvalue weighted by Gasteiger charge is -2.16. The summed E-state index contributed by atoms with van der Waals surface area (Å²) in [5, 5.41) is 14.0. The molecule has 1 amide bonds. The van der Waals surface area contributed by atoms with Gasteiger partial charge < -0.3 is 5.32 Å². The zero-order valence-corrected chi connectivity index (χ0v) is 12.8. The number of amides is 1. The summed E-state index contributed by atoms with van der Waals surface area (Å²) in [5.74, 6) is -0.406. The van der Waals surface area contributed by atoms with E-state index in [0.717, 1.165) is 18.5 Å². The molecule has 6 nitrogen and oxygen atoms in total. The smallest absolute Gasteiger partial charge is 0.282 e. The summed E-state index contributed by atoms with van der Waals surface area (Å²) in [4.78, 5) is 27.4. The molecule has 23 heavy (non-hydrogen) atoms. The van der Waals surface area contributed by atoms with Crippen molar-refractivity contribution in [3.05, 3.63) is 69.5 Å². The minimum atomic E-state index is -0.520. The van der Waals surface area contributed by atoms with Gasteiger partial charge in [0.1, 0.15) is 5.56 Å². The van der Waals surface area contributed by atoms with Gasteiger partial charge in [-0.1, -0.05) is 18.2 Å². The molecule has 3 rings (SSSR count). The summed E-state index contributed by atoms with van der Waals surface area (Å²) >= 11 is 0. The molecule has 1 saturated carbocycles. The van der Waals surface area contributed by atoms with Crippen molar-refractivity contribution < 1.29 is 9.72 Å². The van der Waals surface area contributed by atoms with E-state index in [0.29, 0.717) is 12.1 Å². The molecule has 0 bridgehead atoms. The minimum absolute atomic E-state index is 0.131. The maximum atomic E-state index is 12.5. The van der Waals surface area contributed by atoms with Gasteiger partial charge in [0.05, 0.1) is 4.92 Å². The molecule has 0 radical (unpaired) electrons. The first-order valence-corrected chi connectivity index (χ1v) is 7.47. The molecule has 1 heterocycles. The van der Waals surface area contributed by atoms with Crippen LogP contribution < -0.4 is 5.32 Å². The van der Waals surface area contributed by atoms with Gasteiger partial charge in [0.15, 0.2) is 0 Å². The molecule has 1 aliphatic carbocycles. The molecule has 0 aliphatic heterocycles. The molecule has 1 aromatic heterocycles. The van der Waals surface area contributed by atoms with Crippen LogP contribution in [0.3, 0.4) is 0 Å². The summed E-state index contributed by atoms with van der Waals surface area (Å²) in [5.41, 5.74) is 1.40. The summed E-state index contributed by atoms with van der Waals surface area (Å²) in [6.45, 7) is 2.14. The van der Waals surface area contributed by atoms with Crippen LogP contribution in [0.5, 0.6) is 0 Å². The van der Waals surface area contributed by atoms with E-state index in [-0.39, 0.29) is 16.7 Å². The lowest BCUT2D eigenvalue weighted by atomic mass is 10.0. The third kappa shape index (κ3) is 2.92. The van der Waals surface area contributed by atoms with Gasteiger partial charge in [-0.25, -0.2) is 0 Å². The van der Waals surface area contributed by atoms with E-state index in [4.69, 9.17) is 0 Å². The lowest BCUT2D eigenvalue weighted by molar-refractivity contribution is -0.385. The highest BCUT2D eigenvalue weighted by Gasteiger charge is 2.45. The van der Waals surface area contributed by atoms with Crippen LogP contribution >= 0.6 is 0 Å². The fourth-order valence-corrected chi connectivity index (χ4v) is 2.79. The minimum Gasteiger partial charge on any atom is -0.351 e. The largest absolute Gasteiger partial charge is 0.351 e. The molecule has 0 spiro atoms. The number of nitro groups is 1. The van der Waals surface area contributed by atoms with Gasteiger partial charge in [-0.3, -0.25) is 19.9 Å². The Balaban J connectivity index is 1.78. The Morgan fingerprint density at radius 2 is 2.09 bits per heavy atom. The van der Waals surface area contributed by atoms with Gasteiger partial charge >= 0.3 is 0 Å². The Labute approximate surface area is 133 Å². The molecule has 118 valence electrons. The number of rotatable bonds is 5. The molecule has 1 N–H and O–H groups in total. The molecule has 0 saturated heterocycles. The zero-order valence-electron chi connectivity index (χ0n) is 12.8. The number of pyridine rings is 1. The molecule has 6 heteroatoms. The van der Waals surface area contributed by atoms with Crippen LogP contribution in [0.4, 0.5) is 5.69 Å². The Morgan fingerprint density at radius 1 is 1.30 bits per heavy atom. The zero-order chi connectivity index (χ0) is 16.4. The number of aromatic nitrogens is 1. The van der Waals surface area contributed by atoms with Crippen molar-refractivity contribution in [1.82, 2.24) is 10.3 Å². The number of aryl methyl sites for hydroxylation is 1. The van der Waals surface area contributed by atoms with Gasteiger partial charge in [0.2, 0.25) is 0 Å². The van der Waals surface area contributed by atoms with Crippen LogP contribution in [0.25, 0.3) is 0 Å². The number of carbonyl (C=O) groups excluding carboxylic acids is 1. The first-order chi connectivity index (χ1) is 11.0. The highest BCUT2D eigenvalue weighted by atomic mass is 16.6. The van der Waals surface area contributed by atoms with Crippen LogP contribution in [0.1, 0.15) is 34.5 Å². The summed E-state index contributed by atoms with van der Waals surface area (Å²) in [6.07, 6.45) is 3.66. The van der Waals surface area contributed by atoms with Crippen LogP contribution in [0, 0.1) is 17.0 Å². The van der Waals surface area contributed by atoms with E-state index in [1.807, 2.05) is 18.2 Å². The van der Waals surface area contributed by atoms with Gasteiger partial charge in [-0.2, -0.15) is 0 Å². The topological polar surface area (TPSA) is 85.1 Å². The third-order valence-corrected chi connectivity index (χ3v) is 4.32. The van der Waals surface area contributed by atoms with Crippen molar-refractivity contribution in [3.8, 4) is 0 Å². The Kier molecular flexibility index (Phi) is 3.82. The average molecular weight is 311 g/mol. The van der Waals surface area contributed by atoms with Crippen molar-refractivity contribution >= 4 is 11.6 Å². The van der Waals surface area contributed by atoms with E-state index in [1.54, 1.807) is 25.3 Å². The molecule has 2 aromatic rings. The van der Waals surface area contributed by atoms with Crippen molar-refractivity contribution in [2.45, 2.75) is 25.2 Å². The van der Waals surface area contributed by atoms with Crippen molar-refractivity contribution in [2.75, 3.05) is 6.54 Å². The number of hydrogen-bond acceptors (Lipinski definition) is 4. The molecular formula is C17H17N3O3. The summed E-state index contributed by atoms with van der Waals surface area (Å²) in [6, 6.07) is 10.4. The summed E-state index contributed by atoms with van der Waals surface area (Å²) in [7, 11) is 0. The van der Waals surface area contributed by atoms with E-state index in [2.05, 4.69) is 10.3 Å². The first kappa shape index (κ1) is 15.1. The van der Waals surface area contributed by atoms with Crippen molar-refractivity contribution in [1.29, 1.82) is 0 Å². The monoisotopic (exact) mass is 311 g/mol. The van der Waals surface area contributed by atoms with Crippen LogP contribution in [-0.4, -0.2) is 22.4 Å². The molecule has 1 aromatic carbocycles. The van der Waals surface area contributed by atoms with Crippen LogP contribution in [-0.2, 0) is 5.41 Å². The van der Waals surface area contributed by atoms with E-state index in [9.17, 15) is 14.9 Å².